The Bertz CT molecular complexity index is 339. The minimum absolute atomic E-state index is 0.0836. The van der Waals surface area contributed by atoms with Crippen molar-refractivity contribution in [2.45, 2.75) is 38.3 Å². The van der Waals surface area contributed by atoms with Gasteiger partial charge >= 0.3 is 0 Å². The van der Waals surface area contributed by atoms with Crippen molar-refractivity contribution >= 4 is 21.8 Å². The van der Waals surface area contributed by atoms with Crippen LogP contribution >= 0.6 is 11.6 Å². The molecule has 0 amide bonds. The Morgan fingerprint density at radius 3 is 2.35 bits per heavy atom. The Balaban J connectivity index is 2.80. The molecule has 1 heterocycles. The minimum Gasteiger partial charge on any atom is -0.381 e. The van der Waals surface area contributed by atoms with Crippen LogP contribution in [0.5, 0.6) is 0 Å². The van der Waals surface area contributed by atoms with Crippen LogP contribution in [0.1, 0.15) is 26.7 Å². The molecule has 0 aromatic rings. The van der Waals surface area contributed by atoms with Crippen LogP contribution in [0.3, 0.4) is 0 Å². The number of rotatable bonds is 5. The highest BCUT2D eigenvalue weighted by atomic mass is 35.5. The van der Waals surface area contributed by atoms with E-state index in [2.05, 4.69) is 4.72 Å². The van der Waals surface area contributed by atoms with E-state index in [0.717, 1.165) is 0 Å². The standard InChI is InChI=1S/C10H21ClN2O3S/c1-9(2)13(3)17(14,15)12-10(8-11)4-6-16-7-5-10/h9,12H,4-8H2,1-3H3. The first-order valence-corrected chi connectivity index (χ1v) is 7.71. The fourth-order valence-electron chi connectivity index (χ4n) is 1.65. The summed E-state index contributed by atoms with van der Waals surface area (Å²) in [6.07, 6.45) is 1.23. The summed E-state index contributed by atoms with van der Waals surface area (Å²) in [6.45, 7) is 4.74. The van der Waals surface area contributed by atoms with Gasteiger partial charge in [-0.25, -0.2) is 0 Å². The molecular formula is C10H21ClN2O3S. The van der Waals surface area contributed by atoms with Gasteiger partial charge in [-0.1, -0.05) is 0 Å². The zero-order chi connectivity index (χ0) is 13.1. The summed E-state index contributed by atoms with van der Waals surface area (Å²) >= 11 is 5.93. The first kappa shape index (κ1) is 15.2. The normalized spacial score (nSPS) is 21.1. The van der Waals surface area contributed by atoms with Crippen LogP contribution in [0.15, 0.2) is 0 Å². The van der Waals surface area contributed by atoms with Crippen LogP contribution in [0.4, 0.5) is 0 Å². The molecule has 0 unspecified atom stereocenters. The molecule has 5 nitrogen and oxygen atoms in total. The summed E-state index contributed by atoms with van der Waals surface area (Å²) in [5.41, 5.74) is -0.568. The highest BCUT2D eigenvalue weighted by Crippen LogP contribution is 2.24. The fourth-order valence-corrected chi connectivity index (χ4v) is 3.58. The van der Waals surface area contributed by atoms with Crippen molar-refractivity contribution in [3.63, 3.8) is 0 Å². The van der Waals surface area contributed by atoms with Crippen molar-refractivity contribution in [2.75, 3.05) is 26.1 Å². The second-order valence-electron chi connectivity index (χ2n) is 4.74. The molecule has 1 rings (SSSR count). The van der Waals surface area contributed by atoms with Gasteiger partial charge in [0, 0.05) is 32.2 Å². The van der Waals surface area contributed by atoms with Crippen molar-refractivity contribution in [3.8, 4) is 0 Å². The quantitative estimate of drug-likeness (QED) is 0.765. The Kier molecular flexibility index (Phi) is 5.21. The maximum atomic E-state index is 12.1. The maximum Gasteiger partial charge on any atom is 0.279 e. The molecule has 1 N–H and O–H groups in total. The lowest BCUT2D eigenvalue weighted by atomic mass is 9.94. The van der Waals surface area contributed by atoms with Gasteiger partial charge in [-0.3, -0.25) is 0 Å². The maximum absolute atomic E-state index is 12.1. The molecule has 1 saturated heterocycles. The molecule has 17 heavy (non-hydrogen) atoms. The summed E-state index contributed by atoms with van der Waals surface area (Å²) in [5, 5.41) is 0. The van der Waals surface area contributed by atoms with Crippen LogP contribution in [0.25, 0.3) is 0 Å². The van der Waals surface area contributed by atoms with Gasteiger partial charge in [0.2, 0.25) is 0 Å². The monoisotopic (exact) mass is 284 g/mol. The molecule has 0 radical (unpaired) electrons. The fraction of sp³-hybridized carbons (Fsp3) is 1.00. The summed E-state index contributed by atoms with van der Waals surface area (Å²) < 4.78 is 33.5. The van der Waals surface area contributed by atoms with E-state index in [4.69, 9.17) is 16.3 Å². The molecule has 0 bridgehead atoms. The van der Waals surface area contributed by atoms with E-state index < -0.39 is 15.7 Å². The highest BCUT2D eigenvalue weighted by molar-refractivity contribution is 7.87. The van der Waals surface area contributed by atoms with Gasteiger partial charge in [0.15, 0.2) is 0 Å². The van der Waals surface area contributed by atoms with E-state index in [1.54, 1.807) is 7.05 Å². The first-order chi connectivity index (χ1) is 7.83. The van der Waals surface area contributed by atoms with Gasteiger partial charge in [-0.05, 0) is 26.7 Å². The average molecular weight is 285 g/mol. The van der Waals surface area contributed by atoms with E-state index in [1.807, 2.05) is 13.8 Å². The molecule has 0 spiro atoms. The van der Waals surface area contributed by atoms with Crippen LogP contribution in [-0.2, 0) is 14.9 Å². The van der Waals surface area contributed by atoms with E-state index in [-0.39, 0.29) is 11.9 Å². The van der Waals surface area contributed by atoms with Crippen LogP contribution < -0.4 is 4.72 Å². The van der Waals surface area contributed by atoms with Crippen molar-refractivity contribution < 1.29 is 13.2 Å². The summed E-state index contributed by atoms with van der Waals surface area (Å²) in [4.78, 5) is 0. The smallest absolute Gasteiger partial charge is 0.279 e. The molecule has 1 fully saturated rings. The third kappa shape index (κ3) is 3.79. The average Bonchev–Trinajstić information content (AvgIpc) is 2.28. The number of nitrogens with one attached hydrogen (secondary N) is 1. The third-order valence-corrected chi connectivity index (χ3v) is 5.54. The third-order valence-electron chi connectivity index (χ3n) is 3.16. The SMILES string of the molecule is CC(C)N(C)S(=O)(=O)NC1(CCl)CCOCC1. The van der Waals surface area contributed by atoms with Crippen molar-refractivity contribution in [3.05, 3.63) is 0 Å². The largest absolute Gasteiger partial charge is 0.381 e. The van der Waals surface area contributed by atoms with Crippen molar-refractivity contribution in [1.82, 2.24) is 9.03 Å². The van der Waals surface area contributed by atoms with E-state index in [1.165, 1.54) is 4.31 Å². The molecular weight excluding hydrogens is 264 g/mol. The topological polar surface area (TPSA) is 58.6 Å². The molecule has 0 aliphatic carbocycles. The number of nitrogens with zero attached hydrogens (tertiary/aromatic N) is 1. The van der Waals surface area contributed by atoms with E-state index in [0.29, 0.717) is 26.1 Å². The molecule has 102 valence electrons. The van der Waals surface area contributed by atoms with Gasteiger partial charge in [0.25, 0.3) is 10.2 Å². The van der Waals surface area contributed by atoms with Gasteiger partial charge in [0.1, 0.15) is 0 Å². The van der Waals surface area contributed by atoms with Crippen LogP contribution in [0.2, 0.25) is 0 Å². The van der Waals surface area contributed by atoms with Gasteiger partial charge in [-0.2, -0.15) is 17.4 Å². The Morgan fingerprint density at radius 2 is 1.94 bits per heavy atom. The number of hydrogen-bond donors (Lipinski definition) is 1. The van der Waals surface area contributed by atoms with Crippen LogP contribution in [-0.4, -0.2) is 50.4 Å². The number of hydrogen-bond acceptors (Lipinski definition) is 3. The molecule has 1 aliphatic heterocycles. The van der Waals surface area contributed by atoms with E-state index >= 15 is 0 Å². The highest BCUT2D eigenvalue weighted by Gasteiger charge is 2.37. The molecule has 1 aliphatic rings. The lowest BCUT2D eigenvalue weighted by molar-refractivity contribution is 0.0543. The lowest BCUT2D eigenvalue weighted by Gasteiger charge is -2.37. The zero-order valence-corrected chi connectivity index (χ0v) is 12.1. The summed E-state index contributed by atoms with van der Waals surface area (Å²) in [7, 11) is -1.92. The van der Waals surface area contributed by atoms with Crippen LogP contribution in [0, 0.1) is 0 Å². The molecule has 0 aromatic carbocycles. The molecule has 0 atom stereocenters. The minimum atomic E-state index is -3.49. The predicted molar refractivity (Wildman–Crippen MR) is 68.5 cm³/mol. The zero-order valence-electron chi connectivity index (χ0n) is 10.6. The van der Waals surface area contributed by atoms with Gasteiger partial charge < -0.3 is 4.74 Å². The summed E-state index contributed by atoms with van der Waals surface area (Å²) in [5.74, 6) is 0.265. The number of alkyl halides is 1. The first-order valence-electron chi connectivity index (χ1n) is 5.74. The van der Waals surface area contributed by atoms with Crippen molar-refractivity contribution in [2.24, 2.45) is 0 Å². The molecule has 0 aromatic heterocycles. The number of halogens is 1. The molecule has 0 saturated carbocycles. The Labute approximate surface area is 109 Å². The van der Waals surface area contributed by atoms with Gasteiger partial charge in [0.05, 0.1) is 5.54 Å². The number of ether oxygens (including phenoxy) is 1. The lowest BCUT2D eigenvalue weighted by Crippen LogP contribution is -2.57. The second-order valence-corrected chi connectivity index (χ2v) is 6.74. The van der Waals surface area contributed by atoms with E-state index in [9.17, 15) is 8.42 Å². The second kappa shape index (κ2) is 5.84. The van der Waals surface area contributed by atoms with Gasteiger partial charge in [-0.15, -0.1) is 11.6 Å². The Hall–Kier alpha value is 0.120. The Morgan fingerprint density at radius 1 is 1.41 bits per heavy atom. The summed E-state index contributed by atoms with van der Waals surface area (Å²) in [6, 6.07) is -0.0836. The van der Waals surface area contributed by atoms with Crippen molar-refractivity contribution in [1.29, 1.82) is 0 Å². The molecule has 7 heteroatoms. The predicted octanol–water partition coefficient (Wildman–Crippen LogP) is 0.949.